The van der Waals surface area contributed by atoms with Crippen molar-refractivity contribution in [2.75, 3.05) is 24.3 Å². The van der Waals surface area contributed by atoms with Gasteiger partial charge in [-0.25, -0.2) is 4.39 Å². The van der Waals surface area contributed by atoms with Crippen LogP contribution in [-0.4, -0.2) is 40.6 Å². The first-order chi connectivity index (χ1) is 14.9. The third kappa shape index (κ3) is 4.17. The van der Waals surface area contributed by atoms with E-state index in [2.05, 4.69) is 9.97 Å². The van der Waals surface area contributed by atoms with Crippen molar-refractivity contribution < 1.29 is 23.8 Å². The number of anilines is 2. The molecule has 1 saturated carbocycles. The number of aromatic nitrogens is 2. The zero-order valence-electron chi connectivity index (χ0n) is 17.3. The summed E-state index contributed by atoms with van der Waals surface area (Å²) in [6.45, 7) is 0.352. The van der Waals surface area contributed by atoms with E-state index < -0.39 is 5.97 Å². The second-order valence-electron chi connectivity index (χ2n) is 8.15. The molecule has 0 bridgehead atoms. The fourth-order valence-corrected chi connectivity index (χ4v) is 4.65. The number of ether oxygens (including phenoxy) is 1. The van der Waals surface area contributed by atoms with Gasteiger partial charge in [0.05, 0.1) is 12.8 Å². The third-order valence-corrected chi connectivity index (χ3v) is 6.25. The third-order valence-electron chi connectivity index (χ3n) is 6.25. The Morgan fingerprint density at radius 2 is 2.03 bits per heavy atom. The number of halogens is 1. The van der Waals surface area contributed by atoms with E-state index in [0.29, 0.717) is 29.9 Å². The van der Waals surface area contributed by atoms with Crippen molar-refractivity contribution in [3.63, 3.8) is 0 Å². The first-order valence-corrected chi connectivity index (χ1v) is 10.4. The maximum Gasteiger partial charge on any atom is 0.318 e. The SMILES string of the molecule is COc1nc(N)c2c(n1)CCN(c1ccc(C3CCC(CC(=O)O)CC3)c(F)c1)C2=O. The number of methoxy groups -OCH3 is 1. The summed E-state index contributed by atoms with van der Waals surface area (Å²) >= 11 is 0. The van der Waals surface area contributed by atoms with Crippen LogP contribution in [0, 0.1) is 11.7 Å². The monoisotopic (exact) mass is 428 g/mol. The Labute approximate surface area is 179 Å². The highest BCUT2D eigenvalue weighted by Crippen LogP contribution is 2.39. The summed E-state index contributed by atoms with van der Waals surface area (Å²) in [5.41, 5.74) is 7.80. The van der Waals surface area contributed by atoms with E-state index in [0.717, 1.165) is 25.7 Å². The van der Waals surface area contributed by atoms with Gasteiger partial charge < -0.3 is 20.5 Å². The molecule has 0 radical (unpaired) electrons. The van der Waals surface area contributed by atoms with Crippen molar-refractivity contribution in [3.05, 3.63) is 40.8 Å². The highest BCUT2D eigenvalue weighted by atomic mass is 19.1. The van der Waals surface area contributed by atoms with Crippen LogP contribution >= 0.6 is 0 Å². The van der Waals surface area contributed by atoms with Crippen LogP contribution in [0.1, 0.15) is 59.6 Å². The van der Waals surface area contributed by atoms with E-state index in [1.807, 2.05) is 0 Å². The molecule has 0 spiro atoms. The average molecular weight is 428 g/mol. The predicted molar refractivity (Wildman–Crippen MR) is 112 cm³/mol. The number of carboxylic acids is 1. The van der Waals surface area contributed by atoms with Gasteiger partial charge >= 0.3 is 12.0 Å². The van der Waals surface area contributed by atoms with Gasteiger partial charge in [-0.15, -0.1) is 0 Å². The molecular weight excluding hydrogens is 403 g/mol. The molecule has 2 aliphatic rings. The van der Waals surface area contributed by atoms with Crippen LogP contribution in [0.3, 0.4) is 0 Å². The molecule has 0 unspecified atom stereocenters. The molecule has 0 saturated heterocycles. The second-order valence-corrected chi connectivity index (χ2v) is 8.15. The quantitative estimate of drug-likeness (QED) is 0.751. The minimum Gasteiger partial charge on any atom is -0.481 e. The van der Waals surface area contributed by atoms with Gasteiger partial charge in [-0.1, -0.05) is 6.07 Å². The lowest BCUT2D eigenvalue weighted by Gasteiger charge is -2.30. The number of nitrogens with two attached hydrogens (primary N) is 1. The van der Waals surface area contributed by atoms with Crippen molar-refractivity contribution in [2.24, 2.45) is 5.92 Å². The van der Waals surface area contributed by atoms with E-state index >= 15 is 0 Å². The van der Waals surface area contributed by atoms with Gasteiger partial charge in [-0.2, -0.15) is 9.97 Å². The van der Waals surface area contributed by atoms with E-state index in [4.69, 9.17) is 15.6 Å². The van der Waals surface area contributed by atoms with Crippen molar-refractivity contribution in [3.8, 4) is 6.01 Å². The molecule has 9 heteroatoms. The summed E-state index contributed by atoms with van der Waals surface area (Å²) in [5.74, 6) is -1.22. The Morgan fingerprint density at radius 3 is 2.68 bits per heavy atom. The number of hydrogen-bond donors (Lipinski definition) is 2. The average Bonchev–Trinajstić information content (AvgIpc) is 2.74. The smallest absolute Gasteiger partial charge is 0.318 e. The lowest BCUT2D eigenvalue weighted by molar-refractivity contribution is -0.138. The molecule has 1 aliphatic heterocycles. The number of nitrogens with zero attached hydrogens (tertiary/aromatic N) is 3. The van der Waals surface area contributed by atoms with Crippen LogP contribution < -0.4 is 15.4 Å². The Bertz CT molecular complexity index is 1020. The van der Waals surface area contributed by atoms with Gasteiger partial charge in [0.2, 0.25) is 0 Å². The zero-order valence-corrected chi connectivity index (χ0v) is 17.3. The first-order valence-electron chi connectivity index (χ1n) is 10.4. The molecule has 1 amide bonds. The topological polar surface area (TPSA) is 119 Å². The molecule has 164 valence electrons. The molecule has 3 N–H and O–H groups in total. The summed E-state index contributed by atoms with van der Waals surface area (Å²) in [7, 11) is 1.43. The number of fused-ring (bicyclic) bond motifs is 1. The van der Waals surface area contributed by atoms with Gasteiger partial charge in [0.25, 0.3) is 5.91 Å². The van der Waals surface area contributed by atoms with Crippen LogP contribution in [0.2, 0.25) is 0 Å². The Balaban J connectivity index is 1.51. The van der Waals surface area contributed by atoms with Gasteiger partial charge in [0, 0.05) is 25.1 Å². The Morgan fingerprint density at radius 1 is 1.29 bits per heavy atom. The predicted octanol–water partition coefficient (Wildman–Crippen LogP) is 3.16. The number of carbonyl (C=O) groups excluding carboxylic acids is 1. The number of hydrogen-bond acceptors (Lipinski definition) is 6. The van der Waals surface area contributed by atoms with Crippen LogP contribution in [0.4, 0.5) is 15.9 Å². The zero-order chi connectivity index (χ0) is 22.1. The summed E-state index contributed by atoms with van der Waals surface area (Å²) in [6.07, 6.45) is 3.72. The maximum atomic E-state index is 15.0. The van der Waals surface area contributed by atoms with Crippen molar-refractivity contribution in [1.82, 2.24) is 9.97 Å². The number of rotatable bonds is 5. The summed E-state index contributed by atoms with van der Waals surface area (Å²) in [4.78, 5) is 33.6. The molecule has 1 aliphatic carbocycles. The molecule has 1 aromatic carbocycles. The Kier molecular flexibility index (Phi) is 5.75. The van der Waals surface area contributed by atoms with Crippen molar-refractivity contribution in [2.45, 2.75) is 44.4 Å². The minimum absolute atomic E-state index is 0.0479. The standard InChI is InChI=1S/C22H25FN4O4/c1-31-22-25-17-8-9-27(21(30)19(17)20(24)26-22)14-6-7-15(16(23)11-14)13-4-2-12(3-5-13)10-18(28)29/h6-7,11-13H,2-5,8-10H2,1H3,(H,28,29)(H2,24,25,26). The number of carboxylic acid groups (broad SMARTS) is 1. The molecular formula is C22H25FN4O4. The van der Waals surface area contributed by atoms with E-state index in [9.17, 15) is 14.0 Å². The minimum atomic E-state index is -0.781. The lowest BCUT2D eigenvalue weighted by atomic mass is 9.77. The van der Waals surface area contributed by atoms with E-state index in [1.54, 1.807) is 12.1 Å². The number of aliphatic carboxylic acids is 1. The molecule has 1 aromatic heterocycles. The molecule has 1 fully saturated rings. The van der Waals surface area contributed by atoms with Gasteiger partial charge in [-0.05, 0) is 55.2 Å². The second kappa shape index (κ2) is 8.49. The number of carbonyl (C=O) groups is 2. The van der Waals surface area contributed by atoms with Crippen molar-refractivity contribution in [1.29, 1.82) is 0 Å². The van der Waals surface area contributed by atoms with Crippen LogP contribution in [-0.2, 0) is 11.2 Å². The van der Waals surface area contributed by atoms with Crippen LogP contribution in [0.25, 0.3) is 0 Å². The highest BCUT2D eigenvalue weighted by molar-refractivity contribution is 6.10. The summed E-state index contributed by atoms with van der Waals surface area (Å²) < 4.78 is 20.0. The van der Waals surface area contributed by atoms with Crippen LogP contribution in [0.15, 0.2) is 18.2 Å². The molecule has 8 nitrogen and oxygen atoms in total. The number of benzene rings is 1. The molecule has 31 heavy (non-hydrogen) atoms. The fourth-order valence-electron chi connectivity index (χ4n) is 4.65. The van der Waals surface area contributed by atoms with Gasteiger partial charge in [-0.3, -0.25) is 9.59 Å². The fraction of sp³-hybridized carbons (Fsp3) is 0.455. The van der Waals surface area contributed by atoms with Crippen LogP contribution in [0.5, 0.6) is 6.01 Å². The highest BCUT2D eigenvalue weighted by Gasteiger charge is 2.31. The van der Waals surface area contributed by atoms with E-state index in [-0.39, 0.29) is 47.4 Å². The van der Waals surface area contributed by atoms with E-state index in [1.165, 1.54) is 18.1 Å². The number of amides is 1. The van der Waals surface area contributed by atoms with Gasteiger partial charge in [0.15, 0.2) is 0 Å². The largest absolute Gasteiger partial charge is 0.481 e. The summed E-state index contributed by atoms with van der Waals surface area (Å²) in [6, 6.07) is 5.00. The molecule has 2 heterocycles. The normalized spacial score (nSPS) is 21.0. The molecule has 4 rings (SSSR count). The first kappa shape index (κ1) is 21.0. The van der Waals surface area contributed by atoms with Gasteiger partial charge in [0.1, 0.15) is 17.2 Å². The molecule has 2 aromatic rings. The maximum absolute atomic E-state index is 15.0. The Hall–Kier alpha value is -3.23. The number of nitrogen functional groups attached to an aromatic ring is 1. The summed E-state index contributed by atoms with van der Waals surface area (Å²) in [5, 5.41) is 8.96. The van der Waals surface area contributed by atoms with Crippen molar-refractivity contribution >= 4 is 23.4 Å². The molecule has 0 atom stereocenters. The lowest BCUT2D eigenvalue weighted by Crippen LogP contribution is -2.39.